The quantitative estimate of drug-likeness (QED) is 0.716. The summed E-state index contributed by atoms with van der Waals surface area (Å²) in [7, 11) is 0. The van der Waals surface area contributed by atoms with E-state index in [0.29, 0.717) is 0 Å². The maximum Gasteiger partial charge on any atom is 0.178 e. The Morgan fingerprint density at radius 1 is 1.47 bits per heavy atom. The lowest BCUT2D eigenvalue weighted by Crippen LogP contribution is -1.99. The van der Waals surface area contributed by atoms with Gasteiger partial charge in [-0.1, -0.05) is 6.07 Å². The molecule has 0 saturated heterocycles. The third kappa shape index (κ3) is 1.92. The fourth-order valence-electron chi connectivity index (χ4n) is 1.91. The van der Waals surface area contributed by atoms with Crippen molar-refractivity contribution in [3.8, 4) is 0 Å². The van der Waals surface area contributed by atoms with Crippen LogP contribution in [0.1, 0.15) is 11.3 Å². The molecule has 3 nitrogen and oxygen atoms in total. The van der Waals surface area contributed by atoms with Crippen LogP contribution in [0.4, 0.5) is 0 Å². The van der Waals surface area contributed by atoms with Gasteiger partial charge in [0.1, 0.15) is 0 Å². The molecule has 0 fully saturated rings. The molecule has 3 rings (SSSR count). The number of imidazole rings is 1. The molecule has 0 amide bonds. The van der Waals surface area contributed by atoms with E-state index in [9.17, 15) is 0 Å². The second-order valence-electron chi connectivity index (χ2n) is 4.02. The first-order chi connectivity index (χ1) is 8.24. The largest absolute Gasteiger partial charge is 0.331 e. The zero-order valence-corrected chi connectivity index (χ0v) is 10.9. The van der Waals surface area contributed by atoms with E-state index in [0.717, 1.165) is 28.0 Å². The molecule has 3 aromatic rings. The topological polar surface area (TPSA) is 33.6 Å². The molecule has 2 aromatic heterocycles. The van der Waals surface area contributed by atoms with Gasteiger partial charge in [0.15, 0.2) is 4.77 Å². The van der Waals surface area contributed by atoms with Crippen molar-refractivity contribution < 1.29 is 0 Å². The lowest BCUT2D eigenvalue weighted by Gasteiger charge is -2.01. The SMILES string of the molecule is Cc1ccc2c(c1)[nH]c(=S)n2Cc1cscn1. The average molecular weight is 261 g/mol. The van der Waals surface area contributed by atoms with E-state index in [2.05, 4.69) is 45.0 Å². The molecule has 0 aliphatic heterocycles. The van der Waals surface area contributed by atoms with Crippen LogP contribution in [0.2, 0.25) is 0 Å². The zero-order chi connectivity index (χ0) is 11.8. The van der Waals surface area contributed by atoms with Crippen LogP contribution in [0.5, 0.6) is 0 Å². The summed E-state index contributed by atoms with van der Waals surface area (Å²) in [5, 5.41) is 2.05. The van der Waals surface area contributed by atoms with Gasteiger partial charge in [-0.2, -0.15) is 0 Å². The molecular formula is C12H11N3S2. The lowest BCUT2D eigenvalue weighted by molar-refractivity contribution is 0.791. The maximum absolute atomic E-state index is 5.35. The Bertz CT molecular complexity index is 707. The Kier molecular flexibility index (Phi) is 2.57. The number of hydrogen-bond acceptors (Lipinski definition) is 3. The number of nitrogens with one attached hydrogen (secondary N) is 1. The Hall–Kier alpha value is -1.46. The van der Waals surface area contributed by atoms with E-state index in [1.54, 1.807) is 11.3 Å². The van der Waals surface area contributed by atoms with E-state index >= 15 is 0 Å². The van der Waals surface area contributed by atoms with Crippen LogP contribution in [0.3, 0.4) is 0 Å². The minimum absolute atomic E-state index is 0.728. The molecule has 5 heteroatoms. The van der Waals surface area contributed by atoms with E-state index in [4.69, 9.17) is 12.2 Å². The fourth-order valence-corrected chi connectivity index (χ4v) is 2.73. The summed E-state index contributed by atoms with van der Waals surface area (Å²) in [6, 6.07) is 6.31. The average Bonchev–Trinajstić information content (AvgIpc) is 2.88. The molecule has 0 atom stereocenters. The van der Waals surface area contributed by atoms with Crippen molar-refractivity contribution >= 4 is 34.6 Å². The Morgan fingerprint density at radius 3 is 3.12 bits per heavy atom. The van der Waals surface area contributed by atoms with Crippen LogP contribution in [0.25, 0.3) is 11.0 Å². The van der Waals surface area contributed by atoms with E-state index < -0.39 is 0 Å². The summed E-state index contributed by atoms with van der Waals surface area (Å²) in [5.74, 6) is 0. The summed E-state index contributed by atoms with van der Waals surface area (Å²) in [5.41, 5.74) is 6.35. The number of H-pyrrole nitrogens is 1. The number of aryl methyl sites for hydroxylation is 1. The highest BCUT2D eigenvalue weighted by atomic mass is 32.1. The zero-order valence-electron chi connectivity index (χ0n) is 9.30. The highest BCUT2D eigenvalue weighted by molar-refractivity contribution is 7.71. The number of aromatic nitrogens is 3. The van der Waals surface area contributed by atoms with Crippen LogP contribution >= 0.6 is 23.6 Å². The van der Waals surface area contributed by atoms with Gasteiger partial charge in [0.05, 0.1) is 28.8 Å². The van der Waals surface area contributed by atoms with E-state index in [1.165, 1.54) is 5.56 Å². The van der Waals surface area contributed by atoms with Crippen LogP contribution in [-0.4, -0.2) is 14.5 Å². The van der Waals surface area contributed by atoms with Gasteiger partial charge in [0.2, 0.25) is 0 Å². The summed E-state index contributed by atoms with van der Waals surface area (Å²) >= 11 is 6.96. The number of benzene rings is 1. The molecular weight excluding hydrogens is 250 g/mol. The molecule has 1 N–H and O–H groups in total. The number of hydrogen-bond donors (Lipinski definition) is 1. The van der Waals surface area contributed by atoms with E-state index in [1.807, 2.05) is 5.51 Å². The lowest BCUT2D eigenvalue weighted by atomic mass is 10.2. The number of nitrogens with zero attached hydrogens (tertiary/aromatic N) is 2. The summed E-state index contributed by atoms with van der Waals surface area (Å²) in [6.45, 7) is 2.81. The first-order valence-corrected chi connectivity index (χ1v) is 6.65. The van der Waals surface area contributed by atoms with Gasteiger partial charge < -0.3 is 9.55 Å². The highest BCUT2D eigenvalue weighted by Gasteiger charge is 2.05. The molecule has 0 aliphatic carbocycles. The predicted molar refractivity (Wildman–Crippen MR) is 73.1 cm³/mol. The molecule has 17 heavy (non-hydrogen) atoms. The molecule has 1 aromatic carbocycles. The summed E-state index contributed by atoms with van der Waals surface area (Å²) in [6.07, 6.45) is 0. The first-order valence-electron chi connectivity index (χ1n) is 5.30. The summed E-state index contributed by atoms with van der Waals surface area (Å²) in [4.78, 5) is 7.53. The van der Waals surface area contributed by atoms with Crippen molar-refractivity contribution in [2.24, 2.45) is 0 Å². The van der Waals surface area contributed by atoms with Gasteiger partial charge in [-0.15, -0.1) is 11.3 Å². The Labute approximate surface area is 108 Å². The van der Waals surface area contributed by atoms with Crippen LogP contribution < -0.4 is 0 Å². The molecule has 2 heterocycles. The van der Waals surface area contributed by atoms with Gasteiger partial charge >= 0.3 is 0 Å². The van der Waals surface area contributed by atoms with Crippen molar-refractivity contribution in [2.75, 3.05) is 0 Å². The third-order valence-corrected chi connectivity index (χ3v) is 3.69. The second kappa shape index (κ2) is 4.09. The second-order valence-corrected chi connectivity index (χ2v) is 5.12. The first kappa shape index (κ1) is 10.7. The fraction of sp³-hybridized carbons (Fsp3) is 0.167. The molecule has 0 radical (unpaired) electrons. The van der Waals surface area contributed by atoms with Crippen LogP contribution in [0, 0.1) is 11.7 Å². The molecule has 86 valence electrons. The smallest absolute Gasteiger partial charge is 0.178 e. The minimum atomic E-state index is 0.728. The van der Waals surface area contributed by atoms with Crippen LogP contribution in [0.15, 0.2) is 29.1 Å². The monoisotopic (exact) mass is 261 g/mol. The normalized spacial score (nSPS) is 11.1. The minimum Gasteiger partial charge on any atom is -0.331 e. The Balaban J connectivity index is 2.16. The molecule has 0 spiro atoms. The van der Waals surface area contributed by atoms with Gasteiger partial charge in [-0.05, 0) is 36.8 Å². The van der Waals surface area contributed by atoms with Gasteiger partial charge in [0, 0.05) is 5.38 Å². The number of rotatable bonds is 2. The molecule has 0 bridgehead atoms. The number of fused-ring (bicyclic) bond motifs is 1. The standard InChI is InChI=1S/C12H11N3S2/c1-8-2-3-11-10(4-8)14-12(16)15(11)5-9-6-17-7-13-9/h2-4,6-7H,5H2,1H3,(H,14,16). The molecule has 0 aliphatic rings. The van der Waals surface area contributed by atoms with E-state index in [-0.39, 0.29) is 0 Å². The molecule has 0 saturated carbocycles. The highest BCUT2D eigenvalue weighted by Crippen LogP contribution is 2.17. The predicted octanol–water partition coefficient (Wildman–Crippen LogP) is 3.51. The Morgan fingerprint density at radius 2 is 2.35 bits per heavy atom. The van der Waals surface area contributed by atoms with Gasteiger partial charge in [0.25, 0.3) is 0 Å². The van der Waals surface area contributed by atoms with Crippen LogP contribution in [-0.2, 0) is 6.54 Å². The molecule has 0 unspecified atom stereocenters. The van der Waals surface area contributed by atoms with Gasteiger partial charge in [-0.3, -0.25) is 0 Å². The van der Waals surface area contributed by atoms with Gasteiger partial charge in [-0.25, -0.2) is 4.98 Å². The number of thiazole rings is 1. The van der Waals surface area contributed by atoms with Crippen molar-refractivity contribution in [1.82, 2.24) is 14.5 Å². The van der Waals surface area contributed by atoms with Crippen molar-refractivity contribution in [2.45, 2.75) is 13.5 Å². The summed E-state index contributed by atoms with van der Waals surface area (Å²) < 4.78 is 2.83. The van der Waals surface area contributed by atoms with Crippen molar-refractivity contribution in [3.63, 3.8) is 0 Å². The number of aromatic amines is 1. The van der Waals surface area contributed by atoms with Crippen molar-refractivity contribution in [3.05, 3.63) is 45.1 Å². The maximum atomic E-state index is 5.35. The third-order valence-electron chi connectivity index (χ3n) is 2.73. The van der Waals surface area contributed by atoms with Crippen molar-refractivity contribution in [1.29, 1.82) is 0 Å².